The van der Waals surface area contributed by atoms with Gasteiger partial charge in [-0.25, -0.2) is 0 Å². The predicted octanol–water partition coefficient (Wildman–Crippen LogP) is 4.29. The normalized spacial score (nSPS) is 23.4. The van der Waals surface area contributed by atoms with Gasteiger partial charge in [0.05, 0.1) is 12.1 Å². The molecule has 0 fully saturated rings. The van der Waals surface area contributed by atoms with Gasteiger partial charge in [0.2, 0.25) is 0 Å². The molecule has 4 heteroatoms. The minimum Gasteiger partial charge on any atom is -0.389 e. The SMILES string of the molecule is CCCC(O)(CC)CNCC=O.CN1CCc2ccccc2C1C1CC=CCC1. The third-order valence-electron chi connectivity index (χ3n) is 6.39. The summed E-state index contributed by atoms with van der Waals surface area (Å²) < 4.78 is 0. The molecule has 29 heavy (non-hydrogen) atoms. The van der Waals surface area contributed by atoms with E-state index in [4.69, 9.17) is 0 Å². The largest absolute Gasteiger partial charge is 0.389 e. The van der Waals surface area contributed by atoms with Crippen molar-refractivity contribution in [3.63, 3.8) is 0 Å². The molecule has 3 unspecified atom stereocenters. The van der Waals surface area contributed by atoms with Gasteiger partial charge in [0.15, 0.2) is 0 Å². The van der Waals surface area contributed by atoms with E-state index in [1.807, 2.05) is 13.8 Å². The van der Waals surface area contributed by atoms with E-state index >= 15 is 0 Å². The molecule has 0 amide bonds. The fourth-order valence-electron chi connectivity index (χ4n) is 4.66. The van der Waals surface area contributed by atoms with Crippen molar-refractivity contribution >= 4 is 6.29 Å². The van der Waals surface area contributed by atoms with Gasteiger partial charge in [-0.1, -0.05) is 56.7 Å². The van der Waals surface area contributed by atoms with E-state index in [1.54, 1.807) is 11.1 Å². The Morgan fingerprint density at radius 1 is 1.28 bits per heavy atom. The minimum atomic E-state index is -0.627. The zero-order chi connectivity index (χ0) is 21.1. The average molecular weight is 401 g/mol. The van der Waals surface area contributed by atoms with Crippen LogP contribution in [0.15, 0.2) is 36.4 Å². The van der Waals surface area contributed by atoms with Crippen LogP contribution in [0.25, 0.3) is 0 Å². The number of hydrogen-bond acceptors (Lipinski definition) is 4. The lowest BCUT2D eigenvalue weighted by molar-refractivity contribution is -0.107. The van der Waals surface area contributed by atoms with Crippen LogP contribution in [0.3, 0.4) is 0 Å². The van der Waals surface area contributed by atoms with Crippen LogP contribution in [-0.4, -0.2) is 48.6 Å². The van der Waals surface area contributed by atoms with E-state index in [0.717, 1.165) is 31.5 Å². The van der Waals surface area contributed by atoms with Crippen LogP contribution < -0.4 is 5.32 Å². The van der Waals surface area contributed by atoms with Gasteiger partial charge < -0.3 is 15.2 Å². The third-order valence-corrected chi connectivity index (χ3v) is 6.39. The van der Waals surface area contributed by atoms with Crippen LogP contribution in [0.4, 0.5) is 0 Å². The van der Waals surface area contributed by atoms with Crippen molar-refractivity contribution in [2.45, 2.75) is 70.4 Å². The van der Waals surface area contributed by atoms with Gasteiger partial charge in [0, 0.05) is 19.1 Å². The molecule has 1 aliphatic heterocycles. The lowest BCUT2D eigenvalue weighted by Gasteiger charge is -2.40. The van der Waals surface area contributed by atoms with Crippen molar-refractivity contribution in [3.8, 4) is 0 Å². The maximum atomic E-state index is 9.99. The van der Waals surface area contributed by atoms with E-state index in [0.29, 0.717) is 19.1 Å². The van der Waals surface area contributed by atoms with Crippen molar-refractivity contribution in [1.29, 1.82) is 0 Å². The molecule has 3 rings (SSSR count). The maximum absolute atomic E-state index is 9.99. The molecule has 1 aromatic rings. The predicted molar refractivity (Wildman–Crippen MR) is 121 cm³/mol. The minimum absolute atomic E-state index is 0.325. The fraction of sp³-hybridized carbons (Fsp3) is 0.640. The van der Waals surface area contributed by atoms with E-state index in [-0.39, 0.29) is 0 Å². The fourth-order valence-corrected chi connectivity index (χ4v) is 4.66. The summed E-state index contributed by atoms with van der Waals surface area (Å²) >= 11 is 0. The Hall–Kier alpha value is -1.49. The molecule has 0 saturated carbocycles. The number of rotatable bonds is 8. The van der Waals surface area contributed by atoms with E-state index in [9.17, 15) is 9.90 Å². The molecule has 3 atom stereocenters. The van der Waals surface area contributed by atoms with Crippen LogP contribution in [0, 0.1) is 5.92 Å². The van der Waals surface area contributed by atoms with Gasteiger partial charge in [-0.2, -0.15) is 0 Å². The van der Waals surface area contributed by atoms with E-state index in [2.05, 4.69) is 53.7 Å². The number of fused-ring (bicyclic) bond motifs is 1. The van der Waals surface area contributed by atoms with Crippen molar-refractivity contribution in [2.75, 3.05) is 26.7 Å². The first-order valence-electron chi connectivity index (χ1n) is 11.3. The highest BCUT2D eigenvalue weighted by Crippen LogP contribution is 2.39. The zero-order valence-corrected chi connectivity index (χ0v) is 18.6. The summed E-state index contributed by atoms with van der Waals surface area (Å²) in [6.45, 7) is 6.04. The Labute approximate surface area is 177 Å². The summed E-state index contributed by atoms with van der Waals surface area (Å²) in [6.07, 6.45) is 13.1. The Kier molecular flexibility index (Phi) is 10.1. The number of allylic oxidation sites excluding steroid dienone is 2. The van der Waals surface area contributed by atoms with Gasteiger partial charge in [-0.15, -0.1) is 0 Å². The van der Waals surface area contributed by atoms with Crippen LogP contribution >= 0.6 is 0 Å². The van der Waals surface area contributed by atoms with Gasteiger partial charge in [-0.05, 0) is 62.6 Å². The zero-order valence-electron chi connectivity index (χ0n) is 18.6. The molecule has 2 N–H and O–H groups in total. The molecular formula is C25H40N2O2. The summed E-state index contributed by atoms with van der Waals surface area (Å²) in [5.74, 6) is 0.812. The van der Waals surface area contributed by atoms with Crippen LogP contribution in [0.1, 0.15) is 69.5 Å². The molecule has 0 radical (unpaired) electrons. The van der Waals surface area contributed by atoms with Gasteiger partial charge >= 0.3 is 0 Å². The number of nitrogens with zero attached hydrogens (tertiary/aromatic N) is 1. The Balaban J connectivity index is 0.000000223. The number of carbonyl (C=O) groups excluding carboxylic acids is 1. The molecule has 0 saturated heterocycles. The number of carbonyl (C=O) groups is 1. The third kappa shape index (κ3) is 7.06. The lowest BCUT2D eigenvalue weighted by atomic mass is 9.79. The second-order valence-corrected chi connectivity index (χ2v) is 8.54. The van der Waals surface area contributed by atoms with Crippen LogP contribution in [0.2, 0.25) is 0 Å². The summed E-state index contributed by atoms with van der Waals surface area (Å²) in [5, 5.41) is 12.8. The maximum Gasteiger partial charge on any atom is 0.133 e. The molecule has 1 heterocycles. The smallest absolute Gasteiger partial charge is 0.133 e. The standard InChI is InChI=1S/C16H21N.C9H19NO2/c1-17-12-11-13-7-5-6-10-15(13)16(17)14-8-3-2-4-9-14;1-3-5-9(12,4-2)8-10-6-7-11/h2-3,5-7,10,14,16H,4,8-9,11-12H2,1H3;7,10,12H,3-6,8H2,1-2H3. The van der Waals surface area contributed by atoms with Crippen molar-refractivity contribution < 1.29 is 9.90 Å². The number of aliphatic hydroxyl groups is 1. The molecule has 1 aromatic carbocycles. The molecule has 0 spiro atoms. The summed E-state index contributed by atoms with van der Waals surface area (Å²) in [6, 6.07) is 9.68. The number of nitrogens with one attached hydrogen (secondary N) is 1. The van der Waals surface area contributed by atoms with E-state index in [1.165, 1.54) is 32.2 Å². The highest BCUT2D eigenvalue weighted by molar-refractivity contribution is 5.51. The number of aldehydes is 1. The van der Waals surface area contributed by atoms with Gasteiger partial charge in [0.1, 0.15) is 6.29 Å². The first-order valence-corrected chi connectivity index (χ1v) is 11.3. The second kappa shape index (κ2) is 12.3. The molecule has 162 valence electrons. The molecule has 0 aromatic heterocycles. The number of hydrogen-bond donors (Lipinski definition) is 2. The Morgan fingerprint density at radius 3 is 2.72 bits per heavy atom. The number of likely N-dealkylation sites (N-methyl/N-ethyl adjacent to an activating group) is 1. The molecule has 0 bridgehead atoms. The summed E-state index contributed by atoms with van der Waals surface area (Å²) in [5.41, 5.74) is 2.53. The quantitative estimate of drug-likeness (QED) is 0.388. The molecule has 2 aliphatic rings. The topological polar surface area (TPSA) is 52.6 Å². The van der Waals surface area contributed by atoms with Gasteiger partial charge in [0.25, 0.3) is 0 Å². The van der Waals surface area contributed by atoms with E-state index < -0.39 is 5.60 Å². The molecule has 1 aliphatic carbocycles. The number of benzene rings is 1. The summed E-state index contributed by atoms with van der Waals surface area (Å²) in [7, 11) is 2.29. The lowest BCUT2D eigenvalue weighted by Crippen LogP contribution is -2.40. The first-order chi connectivity index (χ1) is 14.0. The highest BCUT2D eigenvalue weighted by atomic mass is 16.3. The van der Waals surface area contributed by atoms with Gasteiger partial charge in [-0.3, -0.25) is 4.90 Å². The van der Waals surface area contributed by atoms with Crippen molar-refractivity contribution in [3.05, 3.63) is 47.5 Å². The molecular weight excluding hydrogens is 360 g/mol. The second-order valence-electron chi connectivity index (χ2n) is 8.54. The van der Waals surface area contributed by atoms with Crippen LogP contribution in [-0.2, 0) is 11.2 Å². The Morgan fingerprint density at radius 2 is 2.07 bits per heavy atom. The Bertz CT molecular complexity index is 645. The monoisotopic (exact) mass is 400 g/mol. The van der Waals surface area contributed by atoms with Crippen LogP contribution in [0.5, 0.6) is 0 Å². The highest BCUT2D eigenvalue weighted by Gasteiger charge is 2.31. The molecule has 4 nitrogen and oxygen atoms in total. The first kappa shape index (κ1) is 23.8. The summed E-state index contributed by atoms with van der Waals surface area (Å²) in [4.78, 5) is 12.6. The van der Waals surface area contributed by atoms with Crippen molar-refractivity contribution in [1.82, 2.24) is 10.2 Å². The average Bonchev–Trinajstić information content (AvgIpc) is 2.75. The van der Waals surface area contributed by atoms with Crippen molar-refractivity contribution in [2.24, 2.45) is 5.92 Å².